The van der Waals surface area contributed by atoms with Crippen LogP contribution in [0, 0.1) is 18.6 Å². The zero-order chi connectivity index (χ0) is 15.4. The van der Waals surface area contributed by atoms with Gasteiger partial charge < -0.3 is 10.6 Å². The number of nitrogens with one attached hydrogen (secondary N) is 2. The van der Waals surface area contributed by atoms with E-state index in [9.17, 15) is 13.6 Å². The van der Waals surface area contributed by atoms with E-state index < -0.39 is 11.6 Å². The second-order valence-electron chi connectivity index (χ2n) is 4.62. The van der Waals surface area contributed by atoms with E-state index in [-0.39, 0.29) is 18.0 Å². The fourth-order valence-corrected chi connectivity index (χ4v) is 2.08. The molecule has 0 saturated carbocycles. The molecule has 0 aliphatic carbocycles. The van der Waals surface area contributed by atoms with Crippen LogP contribution in [0.4, 0.5) is 14.5 Å². The van der Waals surface area contributed by atoms with Gasteiger partial charge in [0.1, 0.15) is 0 Å². The predicted octanol–water partition coefficient (Wildman–Crippen LogP) is 3.24. The Kier molecular flexibility index (Phi) is 4.52. The monoisotopic (exact) mass is 290 g/mol. The Hall–Kier alpha value is -2.43. The largest absolute Gasteiger partial charge is 0.381 e. The highest BCUT2D eigenvalue weighted by Gasteiger charge is 2.11. The molecule has 0 atom stereocenters. The highest BCUT2D eigenvalue weighted by atomic mass is 19.2. The van der Waals surface area contributed by atoms with Crippen LogP contribution in [0.25, 0.3) is 0 Å². The summed E-state index contributed by atoms with van der Waals surface area (Å²) < 4.78 is 26.7. The van der Waals surface area contributed by atoms with Gasteiger partial charge in [-0.15, -0.1) is 0 Å². The third-order valence-electron chi connectivity index (χ3n) is 3.31. The second-order valence-corrected chi connectivity index (χ2v) is 4.62. The summed E-state index contributed by atoms with van der Waals surface area (Å²) in [5, 5.41) is 5.59. The summed E-state index contributed by atoms with van der Waals surface area (Å²) in [4.78, 5) is 11.7. The first-order valence-electron chi connectivity index (χ1n) is 6.53. The lowest BCUT2D eigenvalue weighted by molar-refractivity contribution is 0.0962. The van der Waals surface area contributed by atoms with Crippen molar-refractivity contribution in [2.75, 3.05) is 12.4 Å². The Morgan fingerprint density at radius 3 is 2.57 bits per heavy atom. The maximum Gasteiger partial charge on any atom is 0.251 e. The topological polar surface area (TPSA) is 41.1 Å². The molecule has 0 aromatic heterocycles. The van der Waals surface area contributed by atoms with Crippen molar-refractivity contribution in [1.82, 2.24) is 5.32 Å². The maximum atomic E-state index is 13.6. The van der Waals surface area contributed by atoms with Gasteiger partial charge in [0, 0.05) is 30.4 Å². The molecule has 2 N–H and O–H groups in total. The number of benzene rings is 2. The van der Waals surface area contributed by atoms with E-state index in [1.807, 2.05) is 0 Å². The molecule has 0 heterocycles. The maximum absolute atomic E-state index is 13.6. The SMILES string of the molecule is CNC(=O)c1cccc(NCc2cccc(F)c2F)c1C. The van der Waals surface area contributed by atoms with Crippen molar-refractivity contribution in [3.8, 4) is 0 Å². The lowest BCUT2D eigenvalue weighted by atomic mass is 10.1. The minimum Gasteiger partial charge on any atom is -0.381 e. The van der Waals surface area contributed by atoms with Gasteiger partial charge in [0.2, 0.25) is 0 Å². The van der Waals surface area contributed by atoms with Crippen molar-refractivity contribution < 1.29 is 13.6 Å². The summed E-state index contributed by atoms with van der Waals surface area (Å²) in [5.74, 6) is -1.91. The van der Waals surface area contributed by atoms with Gasteiger partial charge in [0.15, 0.2) is 11.6 Å². The Balaban J connectivity index is 2.21. The molecule has 1 amide bonds. The van der Waals surface area contributed by atoms with Crippen molar-refractivity contribution >= 4 is 11.6 Å². The second kappa shape index (κ2) is 6.35. The highest BCUT2D eigenvalue weighted by Crippen LogP contribution is 2.20. The van der Waals surface area contributed by atoms with Crippen molar-refractivity contribution in [3.63, 3.8) is 0 Å². The van der Waals surface area contributed by atoms with Crippen molar-refractivity contribution in [2.24, 2.45) is 0 Å². The Morgan fingerprint density at radius 1 is 1.14 bits per heavy atom. The molecule has 0 radical (unpaired) electrons. The average molecular weight is 290 g/mol. The first kappa shape index (κ1) is 15.0. The molecule has 21 heavy (non-hydrogen) atoms. The van der Waals surface area contributed by atoms with Crippen LogP contribution in [0.3, 0.4) is 0 Å². The summed E-state index contributed by atoms with van der Waals surface area (Å²) in [6.07, 6.45) is 0. The molecule has 0 fully saturated rings. The van der Waals surface area contributed by atoms with E-state index in [0.29, 0.717) is 11.3 Å². The van der Waals surface area contributed by atoms with E-state index in [2.05, 4.69) is 10.6 Å². The Labute approximate surface area is 122 Å². The van der Waals surface area contributed by atoms with Gasteiger partial charge in [0.05, 0.1) is 0 Å². The molecule has 0 unspecified atom stereocenters. The van der Waals surface area contributed by atoms with Crippen LogP contribution < -0.4 is 10.6 Å². The first-order valence-corrected chi connectivity index (χ1v) is 6.53. The van der Waals surface area contributed by atoms with Gasteiger partial charge in [-0.1, -0.05) is 18.2 Å². The number of anilines is 1. The van der Waals surface area contributed by atoms with E-state index in [0.717, 1.165) is 11.6 Å². The zero-order valence-electron chi connectivity index (χ0n) is 11.8. The normalized spacial score (nSPS) is 10.3. The van der Waals surface area contributed by atoms with Crippen LogP contribution >= 0.6 is 0 Å². The van der Waals surface area contributed by atoms with Gasteiger partial charge in [0.25, 0.3) is 5.91 Å². The Morgan fingerprint density at radius 2 is 1.86 bits per heavy atom. The minimum absolute atomic E-state index is 0.141. The number of hydrogen-bond acceptors (Lipinski definition) is 2. The average Bonchev–Trinajstić information content (AvgIpc) is 2.49. The number of hydrogen-bond donors (Lipinski definition) is 2. The molecule has 2 rings (SSSR count). The van der Waals surface area contributed by atoms with Crippen LogP contribution in [0.1, 0.15) is 21.5 Å². The highest BCUT2D eigenvalue weighted by molar-refractivity contribution is 5.96. The van der Waals surface area contributed by atoms with Gasteiger partial charge in [-0.25, -0.2) is 8.78 Å². The van der Waals surface area contributed by atoms with Gasteiger partial charge in [-0.3, -0.25) is 4.79 Å². The first-order chi connectivity index (χ1) is 10.0. The zero-order valence-corrected chi connectivity index (χ0v) is 11.8. The molecule has 5 heteroatoms. The molecule has 2 aromatic rings. The number of carbonyl (C=O) groups excluding carboxylic acids is 1. The quantitative estimate of drug-likeness (QED) is 0.907. The van der Waals surface area contributed by atoms with Crippen molar-refractivity contribution in [3.05, 3.63) is 64.7 Å². The number of halogens is 2. The number of rotatable bonds is 4. The molecular weight excluding hydrogens is 274 g/mol. The van der Waals surface area contributed by atoms with E-state index in [1.54, 1.807) is 32.2 Å². The molecule has 0 bridgehead atoms. The third kappa shape index (κ3) is 3.18. The summed E-state index contributed by atoms with van der Waals surface area (Å²) in [6.45, 7) is 1.94. The van der Waals surface area contributed by atoms with Gasteiger partial charge in [-0.2, -0.15) is 0 Å². The standard InChI is InChI=1S/C16H16F2N2O/c1-10-12(16(21)19-2)6-4-8-14(10)20-9-11-5-3-7-13(17)15(11)18/h3-8,20H,9H2,1-2H3,(H,19,21). The smallest absolute Gasteiger partial charge is 0.251 e. The van der Waals surface area contributed by atoms with Gasteiger partial charge in [-0.05, 0) is 30.7 Å². The van der Waals surface area contributed by atoms with Gasteiger partial charge >= 0.3 is 0 Å². The van der Waals surface area contributed by atoms with Crippen LogP contribution in [0.2, 0.25) is 0 Å². The van der Waals surface area contributed by atoms with E-state index in [4.69, 9.17) is 0 Å². The summed E-state index contributed by atoms with van der Waals surface area (Å²) >= 11 is 0. The van der Waals surface area contributed by atoms with Crippen LogP contribution in [-0.2, 0) is 6.54 Å². The summed E-state index contributed by atoms with van der Waals surface area (Å²) in [5.41, 5.74) is 2.25. The number of carbonyl (C=O) groups is 1. The lowest BCUT2D eigenvalue weighted by Crippen LogP contribution is -2.19. The lowest BCUT2D eigenvalue weighted by Gasteiger charge is -2.13. The molecule has 2 aromatic carbocycles. The summed E-state index contributed by atoms with van der Waals surface area (Å²) in [7, 11) is 1.56. The van der Waals surface area contributed by atoms with E-state index in [1.165, 1.54) is 12.1 Å². The molecule has 110 valence electrons. The molecule has 0 aliphatic heterocycles. The van der Waals surface area contributed by atoms with Crippen molar-refractivity contribution in [2.45, 2.75) is 13.5 Å². The molecule has 0 saturated heterocycles. The van der Waals surface area contributed by atoms with Crippen LogP contribution in [-0.4, -0.2) is 13.0 Å². The minimum atomic E-state index is -0.870. The number of amides is 1. The van der Waals surface area contributed by atoms with Crippen LogP contribution in [0.5, 0.6) is 0 Å². The molecule has 3 nitrogen and oxygen atoms in total. The Bertz CT molecular complexity index is 671. The summed E-state index contributed by atoms with van der Waals surface area (Å²) in [6, 6.07) is 9.30. The van der Waals surface area contributed by atoms with E-state index >= 15 is 0 Å². The molecule has 0 spiro atoms. The third-order valence-corrected chi connectivity index (χ3v) is 3.31. The van der Waals surface area contributed by atoms with Crippen molar-refractivity contribution in [1.29, 1.82) is 0 Å². The molecular formula is C16H16F2N2O. The molecule has 0 aliphatic rings. The fourth-order valence-electron chi connectivity index (χ4n) is 2.08. The fraction of sp³-hybridized carbons (Fsp3) is 0.188. The predicted molar refractivity (Wildman–Crippen MR) is 78.3 cm³/mol. The van der Waals surface area contributed by atoms with Crippen LogP contribution in [0.15, 0.2) is 36.4 Å².